The van der Waals surface area contributed by atoms with Gasteiger partial charge in [-0.15, -0.1) is 0 Å². The van der Waals surface area contributed by atoms with Crippen LogP contribution in [0.15, 0.2) is 53.6 Å². The predicted octanol–water partition coefficient (Wildman–Crippen LogP) is 4.13. The van der Waals surface area contributed by atoms with E-state index in [1.54, 1.807) is 23.1 Å². The molecule has 1 fully saturated rings. The normalized spacial score (nSPS) is 15.8. The van der Waals surface area contributed by atoms with Crippen molar-refractivity contribution in [1.29, 1.82) is 5.26 Å². The molecular weight excluding hydrogens is 492 g/mol. The highest BCUT2D eigenvalue weighted by molar-refractivity contribution is 5.83. The van der Waals surface area contributed by atoms with Gasteiger partial charge in [0.15, 0.2) is 5.69 Å². The molecule has 4 aromatic rings. The molecule has 2 aromatic heterocycles. The smallest absolute Gasteiger partial charge is 0.435 e. The van der Waals surface area contributed by atoms with Gasteiger partial charge in [0.05, 0.1) is 42.2 Å². The first-order chi connectivity index (χ1) is 17.7. The maximum absolute atomic E-state index is 14.6. The highest BCUT2D eigenvalue weighted by Gasteiger charge is 2.37. The third-order valence-corrected chi connectivity index (χ3v) is 6.47. The first-order valence-corrected chi connectivity index (χ1v) is 11.3. The van der Waals surface area contributed by atoms with Crippen molar-refractivity contribution in [2.45, 2.75) is 25.2 Å². The molecule has 190 valence electrons. The minimum atomic E-state index is -4.75. The lowest BCUT2D eigenvalue weighted by Gasteiger charge is -2.21. The molecule has 3 heterocycles. The number of hydrogen-bond acceptors (Lipinski definition) is 6. The van der Waals surface area contributed by atoms with Crippen molar-refractivity contribution in [2.24, 2.45) is 0 Å². The Hall–Kier alpha value is -4.40. The number of anilines is 1. The molecule has 1 aliphatic heterocycles. The van der Waals surface area contributed by atoms with Gasteiger partial charge in [-0.3, -0.25) is 14.1 Å². The van der Waals surface area contributed by atoms with E-state index < -0.39 is 41.7 Å². The van der Waals surface area contributed by atoms with Crippen LogP contribution < -0.4 is 15.3 Å². The van der Waals surface area contributed by atoms with Gasteiger partial charge in [0.2, 0.25) is 0 Å². The van der Waals surface area contributed by atoms with Crippen LogP contribution in [0, 0.1) is 17.1 Å². The second kappa shape index (κ2) is 9.24. The number of hydrogen-bond donors (Lipinski definition) is 0. The van der Waals surface area contributed by atoms with Crippen LogP contribution in [0.5, 0.6) is 5.75 Å². The number of fused-ring (bicyclic) bond motifs is 1. The maximum Gasteiger partial charge on any atom is 0.435 e. The number of nitrogens with zero attached hydrogens (tertiary/aromatic N) is 6. The zero-order valence-electron chi connectivity index (χ0n) is 19.5. The van der Waals surface area contributed by atoms with Crippen molar-refractivity contribution >= 4 is 16.7 Å². The fourth-order valence-corrected chi connectivity index (χ4v) is 4.92. The van der Waals surface area contributed by atoms with Gasteiger partial charge in [0.1, 0.15) is 23.2 Å². The van der Waals surface area contributed by atoms with Crippen LogP contribution in [0.3, 0.4) is 0 Å². The molecule has 0 saturated carbocycles. The fourth-order valence-electron chi connectivity index (χ4n) is 4.92. The minimum absolute atomic E-state index is 0.163. The third kappa shape index (κ3) is 4.16. The molecule has 1 saturated heterocycles. The molecule has 0 spiro atoms. The average Bonchev–Trinajstić information content (AvgIpc) is 3.45. The molecule has 5 rings (SSSR count). The monoisotopic (exact) mass is 512 g/mol. The van der Waals surface area contributed by atoms with E-state index in [0.29, 0.717) is 29.7 Å². The number of para-hydroxylation sites is 2. The van der Waals surface area contributed by atoms with Crippen molar-refractivity contribution in [2.75, 3.05) is 25.1 Å². The van der Waals surface area contributed by atoms with Crippen LogP contribution in [0.4, 0.5) is 23.2 Å². The van der Waals surface area contributed by atoms with Crippen molar-refractivity contribution in [1.82, 2.24) is 19.1 Å². The van der Waals surface area contributed by atoms with Crippen molar-refractivity contribution in [3.63, 3.8) is 0 Å². The standard InChI is InChI=1S/C25H20F4N6O2/c1-37-20-7-3-6-19-22(20)34(14-18-23(25(27,28)29)32-10-9-31-18)24(36)35(19)16-8-11-33(13-16)21-15(12-30)4-2-5-17(21)26/h2-7,9-10,16H,8,11,13-14H2,1H3/t16-/m1/s1. The van der Waals surface area contributed by atoms with Crippen LogP contribution in [0.2, 0.25) is 0 Å². The molecule has 1 atom stereocenters. The highest BCUT2D eigenvalue weighted by Crippen LogP contribution is 2.35. The third-order valence-electron chi connectivity index (χ3n) is 6.47. The Labute approximate surface area is 208 Å². The average molecular weight is 512 g/mol. The van der Waals surface area contributed by atoms with Gasteiger partial charge in [-0.25, -0.2) is 14.2 Å². The van der Waals surface area contributed by atoms with E-state index in [4.69, 9.17) is 4.74 Å². The topological polar surface area (TPSA) is 89.0 Å². The van der Waals surface area contributed by atoms with E-state index in [1.165, 1.54) is 34.4 Å². The summed E-state index contributed by atoms with van der Waals surface area (Å²) in [4.78, 5) is 22.7. The molecule has 0 N–H and O–H groups in total. The molecule has 8 nitrogen and oxygen atoms in total. The summed E-state index contributed by atoms with van der Waals surface area (Å²) in [7, 11) is 1.41. The number of halogens is 4. The molecule has 2 aromatic carbocycles. The Balaban J connectivity index is 1.61. The number of methoxy groups -OCH3 is 1. The van der Waals surface area contributed by atoms with Crippen molar-refractivity contribution in [3.8, 4) is 11.8 Å². The van der Waals surface area contributed by atoms with Crippen molar-refractivity contribution < 1.29 is 22.3 Å². The summed E-state index contributed by atoms with van der Waals surface area (Å²) < 4.78 is 63.5. The highest BCUT2D eigenvalue weighted by atomic mass is 19.4. The number of ether oxygens (including phenoxy) is 1. The Kier molecular flexibility index (Phi) is 6.07. The van der Waals surface area contributed by atoms with Gasteiger partial charge in [-0.05, 0) is 30.7 Å². The van der Waals surface area contributed by atoms with Crippen LogP contribution in [0.1, 0.15) is 29.4 Å². The predicted molar refractivity (Wildman–Crippen MR) is 126 cm³/mol. The number of alkyl halides is 3. The summed E-state index contributed by atoms with van der Waals surface area (Å²) in [5.74, 6) is -0.236. The SMILES string of the molecule is COc1cccc2c1n(Cc1nccnc1C(F)(F)F)c(=O)n2[C@@H]1CCN(c2c(F)cccc2C#N)C1. The van der Waals surface area contributed by atoms with Crippen LogP contribution in [0.25, 0.3) is 11.0 Å². The van der Waals surface area contributed by atoms with Gasteiger partial charge in [-0.2, -0.15) is 18.4 Å². The second-order valence-corrected chi connectivity index (χ2v) is 8.55. The first-order valence-electron chi connectivity index (χ1n) is 11.3. The maximum atomic E-state index is 14.6. The number of nitriles is 1. The summed E-state index contributed by atoms with van der Waals surface area (Å²) in [5, 5.41) is 9.45. The van der Waals surface area contributed by atoms with Crippen molar-refractivity contribution in [3.05, 3.63) is 82.0 Å². The number of imidazole rings is 1. The summed E-state index contributed by atoms with van der Waals surface area (Å²) in [6.45, 7) is 0.129. The van der Waals surface area contributed by atoms with E-state index >= 15 is 0 Å². The molecule has 1 aliphatic rings. The fraction of sp³-hybridized carbons (Fsp3) is 0.280. The molecule has 0 bridgehead atoms. The van der Waals surface area contributed by atoms with Crippen LogP contribution in [-0.2, 0) is 12.7 Å². The van der Waals surface area contributed by atoms with Crippen LogP contribution in [-0.4, -0.2) is 39.3 Å². The van der Waals surface area contributed by atoms with E-state index in [-0.39, 0.29) is 17.8 Å². The second-order valence-electron chi connectivity index (χ2n) is 8.55. The van der Waals surface area contributed by atoms with E-state index in [9.17, 15) is 27.6 Å². The summed E-state index contributed by atoms with van der Waals surface area (Å²) >= 11 is 0. The lowest BCUT2D eigenvalue weighted by molar-refractivity contribution is -0.142. The lowest BCUT2D eigenvalue weighted by Crippen LogP contribution is -2.30. The molecule has 0 unspecified atom stereocenters. The lowest BCUT2D eigenvalue weighted by atomic mass is 10.1. The molecular formula is C25H20F4N6O2. The quantitative estimate of drug-likeness (QED) is 0.374. The molecule has 12 heteroatoms. The van der Waals surface area contributed by atoms with E-state index in [1.807, 2.05) is 6.07 Å². The van der Waals surface area contributed by atoms with E-state index in [2.05, 4.69) is 9.97 Å². The molecule has 0 radical (unpaired) electrons. The van der Waals surface area contributed by atoms with Gasteiger partial charge < -0.3 is 9.64 Å². The van der Waals surface area contributed by atoms with Gasteiger partial charge >= 0.3 is 11.9 Å². The summed E-state index contributed by atoms with van der Waals surface area (Å²) in [6, 6.07) is 10.8. The Bertz CT molecular complexity index is 1590. The zero-order chi connectivity index (χ0) is 26.3. The molecule has 37 heavy (non-hydrogen) atoms. The zero-order valence-corrected chi connectivity index (χ0v) is 19.5. The van der Waals surface area contributed by atoms with Crippen LogP contribution >= 0.6 is 0 Å². The molecule has 0 aliphatic carbocycles. The summed E-state index contributed by atoms with van der Waals surface area (Å²) in [6.07, 6.45) is -2.21. The Morgan fingerprint density at radius 2 is 1.92 bits per heavy atom. The van der Waals surface area contributed by atoms with Gasteiger partial charge in [0.25, 0.3) is 0 Å². The van der Waals surface area contributed by atoms with E-state index in [0.717, 1.165) is 12.4 Å². The Morgan fingerprint density at radius 1 is 1.16 bits per heavy atom. The number of rotatable bonds is 5. The number of aromatic nitrogens is 4. The van der Waals surface area contributed by atoms with Gasteiger partial charge in [0, 0.05) is 25.5 Å². The largest absolute Gasteiger partial charge is 0.494 e. The van der Waals surface area contributed by atoms with Gasteiger partial charge in [-0.1, -0.05) is 12.1 Å². The number of benzene rings is 2. The molecule has 0 amide bonds. The summed E-state index contributed by atoms with van der Waals surface area (Å²) in [5.41, 5.74) is -1.01. The Morgan fingerprint density at radius 3 is 2.65 bits per heavy atom. The minimum Gasteiger partial charge on any atom is -0.494 e. The first kappa shape index (κ1) is 24.3.